The summed E-state index contributed by atoms with van der Waals surface area (Å²) in [6, 6.07) is 15.5. The highest BCUT2D eigenvalue weighted by molar-refractivity contribution is 5.83. The van der Waals surface area contributed by atoms with Gasteiger partial charge in [-0.15, -0.1) is 0 Å². The molecule has 2 amide bonds. The fourth-order valence-corrected chi connectivity index (χ4v) is 4.38. The lowest BCUT2D eigenvalue weighted by Crippen LogP contribution is -2.40. The molecular weight excluding hydrogens is 448 g/mol. The number of carboxylic acid groups (broad SMARTS) is 1. The van der Waals surface area contributed by atoms with E-state index in [4.69, 9.17) is 9.47 Å². The molecule has 1 aliphatic carbocycles. The highest BCUT2D eigenvalue weighted by Crippen LogP contribution is 2.44. The van der Waals surface area contributed by atoms with Crippen LogP contribution in [0, 0.1) is 0 Å². The van der Waals surface area contributed by atoms with E-state index in [9.17, 15) is 19.5 Å². The molecule has 0 spiro atoms. The van der Waals surface area contributed by atoms with Crippen LogP contribution in [0.15, 0.2) is 48.5 Å². The van der Waals surface area contributed by atoms with Gasteiger partial charge in [0.2, 0.25) is 5.91 Å². The van der Waals surface area contributed by atoms with Gasteiger partial charge >= 0.3 is 12.1 Å². The first-order valence-electron chi connectivity index (χ1n) is 12.1. The lowest BCUT2D eigenvalue weighted by molar-refractivity contribution is -0.142. The maximum absolute atomic E-state index is 12.2. The van der Waals surface area contributed by atoms with Gasteiger partial charge < -0.3 is 25.2 Å². The molecule has 0 fully saturated rings. The molecule has 1 aliphatic rings. The molecule has 2 aromatic rings. The molecule has 0 radical (unpaired) electrons. The third kappa shape index (κ3) is 7.55. The van der Waals surface area contributed by atoms with Crippen molar-refractivity contribution in [1.82, 2.24) is 10.6 Å². The third-order valence-corrected chi connectivity index (χ3v) is 6.17. The molecule has 0 heterocycles. The standard InChI is InChI=1S/C27H34N2O6/c1-34-17-9-14-24(26(31)32)29-25(30)15-3-2-8-16-28-27(33)35-18-23-21-12-6-4-10-19(21)20-11-5-7-13-22(20)23/h4-7,10-13,23-24H,2-3,8-9,14-18H2,1H3,(H,28,33)(H,29,30)(H,31,32). The van der Waals surface area contributed by atoms with Crippen LogP contribution in [-0.4, -0.2) is 56.0 Å². The number of hydrogen-bond donors (Lipinski definition) is 3. The molecule has 188 valence electrons. The summed E-state index contributed by atoms with van der Waals surface area (Å²) in [7, 11) is 1.55. The second-order valence-corrected chi connectivity index (χ2v) is 8.66. The Morgan fingerprint density at radius 1 is 0.943 bits per heavy atom. The van der Waals surface area contributed by atoms with Crippen LogP contribution in [-0.2, 0) is 19.1 Å². The fourth-order valence-electron chi connectivity index (χ4n) is 4.38. The van der Waals surface area contributed by atoms with Crippen LogP contribution in [0.3, 0.4) is 0 Å². The SMILES string of the molecule is COCCCC(NC(=O)CCCCCNC(=O)OCC1c2ccccc2-c2ccccc21)C(=O)O. The molecule has 0 aromatic heterocycles. The van der Waals surface area contributed by atoms with E-state index < -0.39 is 18.1 Å². The van der Waals surface area contributed by atoms with Crippen molar-refractivity contribution >= 4 is 18.0 Å². The highest BCUT2D eigenvalue weighted by atomic mass is 16.5. The van der Waals surface area contributed by atoms with Crippen LogP contribution in [0.1, 0.15) is 55.6 Å². The zero-order valence-corrected chi connectivity index (χ0v) is 20.1. The maximum Gasteiger partial charge on any atom is 0.407 e. The summed E-state index contributed by atoms with van der Waals surface area (Å²) in [6.07, 6.45) is 2.74. The minimum Gasteiger partial charge on any atom is -0.480 e. The van der Waals surface area contributed by atoms with Gasteiger partial charge in [-0.1, -0.05) is 55.0 Å². The van der Waals surface area contributed by atoms with Gasteiger partial charge in [-0.05, 0) is 47.9 Å². The van der Waals surface area contributed by atoms with Crippen LogP contribution in [0.4, 0.5) is 4.79 Å². The van der Waals surface area contributed by atoms with Crippen molar-refractivity contribution in [2.45, 2.75) is 50.5 Å². The summed E-state index contributed by atoms with van der Waals surface area (Å²) in [4.78, 5) is 35.5. The predicted molar refractivity (Wildman–Crippen MR) is 132 cm³/mol. The van der Waals surface area contributed by atoms with Gasteiger partial charge in [0.05, 0.1) is 0 Å². The van der Waals surface area contributed by atoms with E-state index in [0.717, 1.165) is 6.42 Å². The summed E-state index contributed by atoms with van der Waals surface area (Å²) in [5.74, 6) is -1.29. The number of carbonyl (C=O) groups is 3. The predicted octanol–water partition coefficient (Wildman–Crippen LogP) is 4.08. The average molecular weight is 483 g/mol. The molecule has 35 heavy (non-hydrogen) atoms. The Morgan fingerprint density at radius 2 is 1.60 bits per heavy atom. The molecule has 0 aliphatic heterocycles. The molecule has 0 saturated carbocycles. The Balaban J connectivity index is 1.31. The van der Waals surface area contributed by atoms with Gasteiger partial charge in [0.15, 0.2) is 0 Å². The van der Waals surface area contributed by atoms with Crippen LogP contribution in [0.25, 0.3) is 11.1 Å². The van der Waals surface area contributed by atoms with Crippen LogP contribution < -0.4 is 10.6 Å². The molecule has 3 N–H and O–H groups in total. The molecule has 1 atom stereocenters. The van der Waals surface area contributed by atoms with Crippen LogP contribution in [0.5, 0.6) is 0 Å². The molecule has 2 aromatic carbocycles. The van der Waals surface area contributed by atoms with Crippen molar-refractivity contribution in [3.05, 3.63) is 59.7 Å². The summed E-state index contributed by atoms with van der Waals surface area (Å²) in [6.45, 7) is 1.18. The number of unbranched alkanes of at least 4 members (excludes halogenated alkanes) is 2. The minimum absolute atomic E-state index is 0.0239. The van der Waals surface area contributed by atoms with Gasteiger partial charge in [0, 0.05) is 32.6 Å². The number of alkyl carbamates (subject to hydrolysis) is 1. The number of rotatable bonds is 14. The first-order chi connectivity index (χ1) is 17.0. The Hall–Kier alpha value is -3.39. The van der Waals surface area contributed by atoms with Crippen LogP contribution in [0.2, 0.25) is 0 Å². The first-order valence-corrected chi connectivity index (χ1v) is 12.1. The summed E-state index contributed by atoms with van der Waals surface area (Å²) in [5, 5.41) is 14.5. The lowest BCUT2D eigenvalue weighted by atomic mass is 9.98. The molecule has 8 nitrogen and oxygen atoms in total. The molecule has 3 rings (SSSR count). The average Bonchev–Trinajstić information content (AvgIpc) is 3.18. The van der Waals surface area contributed by atoms with E-state index in [1.807, 2.05) is 24.3 Å². The van der Waals surface area contributed by atoms with Crippen LogP contribution >= 0.6 is 0 Å². The number of hydrogen-bond acceptors (Lipinski definition) is 5. The van der Waals surface area contributed by atoms with Crippen molar-refractivity contribution < 1.29 is 29.0 Å². The highest BCUT2D eigenvalue weighted by Gasteiger charge is 2.29. The largest absolute Gasteiger partial charge is 0.480 e. The Morgan fingerprint density at radius 3 is 2.23 bits per heavy atom. The number of amides is 2. The molecular formula is C27H34N2O6. The molecule has 0 saturated heterocycles. The number of aliphatic carboxylic acids is 1. The molecule has 8 heteroatoms. The number of fused-ring (bicyclic) bond motifs is 3. The number of ether oxygens (including phenoxy) is 2. The quantitative estimate of drug-likeness (QED) is 0.350. The van der Waals surface area contributed by atoms with E-state index in [1.54, 1.807) is 7.11 Å². The molecule has 1 unspecified atom stereocenters. The first kappa shape index (κ1) is 26.2. The number of nitrogens with one attached hydrogen (secondary N) is 2. The number of methoxy groups -OCH3 is 1. The van der Waals surface area contributed by atoms with Crippen molar-refractivity contribution in [2.24, 2.45) is 0 Å². The van der Waals surface area contributed by atoms with Crippen molar-refractivity contribution in [2.75, 3.05) is 26.9 Å². The Kier molecular flexibility index (Phi) is 10.1. The van der Waals surface area contributed by atoms with E-state index in [-0.39, 0.29) is 24.9 Å². The number of carbonyl (C=O) groups excluding carboxylic acids is 2. The summed E-state index contributed by atoms with van der Waals surface area (Å²) < 4.78 is 10.4. The van der Waals surface area contributed by atoms with Gasteiger partial charge in [-0.25, -0.2) is 9.59 Å². The van der Waals surface area contributed by atoms with E-state index in [0.29, 0.717) is 38.8 Å². The van der Waals surface area contributed by atoms with Gasteiger partial charge in [0.25, 0.3) is 0 Å². The maximum atomic E-state index is 12.2. The Labute approximate surface area is 206 Å². The third-order valence-electron chi connectivity index (χ3n) is 6.17. The minimum atomic E-state index is -1.04. The smallest absolute Gasteiger partial charge is 0.407 e. The zero-order valence-electron chi connectivity index (χ0n) is 20.1. The summed E-state index contributed by atoms with van der Waals surface area (Å²) in [5.41, 5.74) is 4.71. The summed E-state index contributed by atoms with van der Waals surface area (Å²) >= 11 is 0. The topological polar surface area (TPSA) is 114 Å². The van der Waals surface area contributed by atoms with Gasteiger partial charge in [-0.2, -0.15) is 0 Å². The van der Waals surface area contributed by atoms with Gasteiger partial charge in [-0.3, -0.25) is 4.79 Å². The van der Waals surface area contributed by atoms with Crippen molar-refractivity contribution in [1.29, 1.82) is 0 Å². The van der Waals surface area contributed by atoms with Crippen molar-refractivity contribution in [3.63, 3.8) is 0 Å². The second-order valence-electron chi connectivity index (χ2n) is 8.66. The van der Waals surface area contributed by atoms with E-state index in [2.05, 4.69) is 34.9 Å². The zero-order chi connectivity index (χ0) is 25.0. The fraction of sp³-hybridized carbons (Fsp3) is 0.444. The monoisotopic (exact) mass is 482 g/mol. The Bertz CT molecular complexity index is 963. The van der Waals surface area contributed by atoms with Gasteiger partial charge in [0.1, 0.15) is 12.6 Å². The lowest BCUT2D eigenvalue weighted by Gasteiger charge is -2.15. The normalized spacial score (nSPS) is 12.9. The number of carboxylic acids is 1. The molecule has 0 bridgehead atoms. The van der Waals surface area contributed by atoms with E-state index in [1.165, 1.54) is 22.3 Å². The van der Waals surface area contributed by atoms with E-state index >= 15 is 0 Å². The van der Waals surface area contributed by atoms with Crippen molar-refractivity contribution in [3.8, 4) is 11.1 Å². The second kappa shape index (κ2) is 13.5. The number of benzene rings is 2.